The summed E-state index contributed by atoms with van der Waals surface area (Å²) in [5.74, 6) is -0.257. The van der Waals surface area contributed by atoms with E-state index in [2.05, 4.69) is 27.4 Å². The molecule has 4 heteroatoms. The van der Waals surface area contributed by atoms with Gasteiger partial charge in [-0.05, 0) is 44.9 Å². The van der Waals surface area contributed by atoms with Gasteiger partial charge in [-0.15, -0.1) is 6.58 Å². The molecular formula is C38H72O4. The van der Waals surface area contributed by atoms with Crippen LogP contribution in [0.4, 0.5) is 0 Å². The second-order valence-electron chi connectivity index (χ2n) is 12.6. The first-order valence-corrected chi connectivity index (χ1v) is 18.6. The number of hydrogen-bond donors (Lipinski definition) is 0. The van der Waals surface area contributed by atoms with E-state index in [9.17, 15) is 9.59 Å². The molecule has 0 saturated carbocycles. The highest BCUT2D eigenvalue weighted by atomic mass is 16.6. The quantitative estimate of drug-likeness (QED) is 0.0432. The summed E-state index contributed by atoms with van der Waals surface area (Å²) in [6.07, 6.45) is 33.3. The first-order chi connectivity index (χ1) is 20.6. The van der Waals surface area contributed by atoms with Crippen LogP contribution in [0, 0.1) is 0 Å². The molecule has 0 bridgehead atoms. The van der Waals surface area contributed by atoms with Gasteiger partial charge in [-0.2, -0.15) is 0 Å². The molecule has 248 valence electrons. The second kappa shape index (κ2) is 32.6. The minimum atomic E-state index is -0.353. The summed E-state index contributed by atoms with van der Waals surface area (Å²) < 4.78 is 12.1. The van der Waals surface area contributed by atoms with E-state index in [0.29, 0.717) is 12.8 Å². The van der Waals surface area contributed by atoms with Crippen LogP contribution in [0.5, 0.6) is 0 Å². The number of carbonyl (C=O) groups excluding carboxylic acids is 2. The summed E-state index contributed by atoms with van der Waals surface area (Å²) in [5.41, 5.74) is 0. The van der Waals surface area contributed by atoms with E-state index in [-0.39, 0.29) is 24.1 Å². The predicted octanol–water partition coefficient (Wildman–Crippen LogP) is 12.4. The maximum Gasteiger partial charge on any atom is 0.306 e. The Hall–Kier alpha value is -1.32. The van der Waals surface area contributed by atoms with Gasteiger partial charge in [-0.3, -0.25) is 9.59 Å². The van der Waals surface area contributed by atoms with Crippen LogP contribution in [0.1, 0.15) is 207 Å². The molecule has 0 amide bonds. The van der Waals surface area contributed by atoms with Gasteiger partial charge in [0, 0.05) is 12.8 Å². The zero-order chi connectivity index (χ0) is 30.9. The molecule has 2 unspecified atom stereocenters. The summed E-state index contributed by atoms with van der Waals surface area (Å²) in [6, 6.07) is 0. The summed E-state index contributed by atoms with van der Waals surface area (Å²) in [5, 5.41) is 0. The minimum absolute atomic E-state index is 0.125. The van der Waals surface area contributed by atoms with Crippen LogP contribution in [0.2, 0.25) is 0 Å². The third-order valence-electron chi connectivity index (χ3n) is 8.44. The normalized spacial score (nSPS) is 12.6. The fraction of sp³-hybridized carbons (Fsp3) is 0.895. The van der Waals surface area contributed by atoms with Gasteiger partial charge in [-0.1, -0.05) is 155 Å². The van der Waals surface area contributed by atoms with Gasteiger partial charge < -0.3 is 9.47 Å². The van der Waals surface area contributed by atoms with Crippen molar-refractivity contribution in [2.45, 2.75) is 219 Å². The molecule has 2 atom stereocenters. The van der Waals surface area contributed by atoms with Gasteiger partial charge >= 0.3 is 11.9 Å². The van der Waals surface area contributed by atoms with Gasteiger partial charge in [0.25, 0.3) is 0 Å². The zero-order valence-corrected chi connectivity index (χ0v) is 28.6. The fourth-order valence-corrected chi connectivity index (χ4v) is 5.67. The Labute approximate surface area is 262 Å². The monoisotopic (exact) mass is 593 g/mol. The molecule has 42 heavy (non-hydrogen) atoms. The maximum absolute atomic E-state index is 12.9. The molecule has 4 nitrogen and oxygen atoms in total. The molecular weight excluding hydrogens is 520 g/mol. The first kappa shape index (κ1) is 40.7. The van der Waals surface area contributed by atoms with Gasteiger partial charge in [0.1, 0.15) is 12.2 Å². The summed E-state index contributed by atoms with van der Waals surface area (Å²) >= 11 is 0. The van der Waals surface area contributed by atoms with Gasteiger partial charge in [-0.25, -0.2) is 0 Å². The SMILES string of the molecule is C=CCCCC(OC(=O)CCCCCCCCCCC)C(CCCCCCC)OC(=O)CCCCCCCCCCC. The van der Waals surface area contributed by atoms with E-state index < -0.39 is 0 Å². The van der Waals surface area contributed by atoms with Crippen molar-refractivity contribution in [1.82, 2.24) is 0 Å². The lowest BCUT2D eigenvalue weighted by atomic mass is 10.00. The maximum atomic E-state index is 12.9. The smallest absolute Gasteiger partial charge is 0.306 e. The highest BCUT2D eigenvalue weighted by Gasteiger charge is 2.28. The average molecular weight is 593 g/mol. The number of hydrogen-bond acceptors (Lipinski definition) is 4. The highest BCUT2D eigenvalue weighted by Crippen LogP contribution is 2.22. The lowest BCUT2D eigenvalue weighted by Gasteiger charge is -2.27. The number of carbonyl (C=O) groups is 2. The Kier molecular flexibility index (Phi) is 31.6. The molecule has 0 aliphatic carbocycles. The van der Waals surface area contributed by atoms with Crippen molar-refractivity contribution in [3.8, 4) is 0 Å². The standard InChI is InChI=1S/C38H72O4/c1-5-9-13-16-18-20-22-25-29-33-37(39)41-35(31-27-12-8-4)36(32-28-24-15-11-7-3)42-38(40)34-30-26-23-21-19-17-14-10-6-2/h8,35-36H,4-7,9-34H2,1-3H3. The summed E-state index contributed by atoms with van der Waals surface area (Å²) in [4.78, 5) is 25.8. The zero-order valence-electron chi connectivity index (χ0n) is 28.6. The minimum Gasteiger partial charge on any atom is -0.458 e. The van der Waals surface area contributed by atoms with E-state index in [1.54, 1.807) is 0 Å². The Morgan fingerprint density at radius 3 is 1.14 bits per heavy atom. The largest absolute Gasteiger partial charge is 0.458 e. The van der Waals surface area contributed by atoms with E-state index in [1.807, 2.05) is 6.08 Å². The number of ether oxygens (including phenoxy) is 2. The molecule has 0 heterocycles. The van der Waals surface area contributed by atoms with Crippen molar-refractivity contribution in [1.29, 1.82) is 0 Å². The van der Waals surface area contributed by atoms with Crippen LogP contribution >= 0.6 is 0 Å². The average Bonchev–Trinajstić information content (AvgIpc) is 2.98. The van der Waals surface area contributed by atoms with E-state index >= 15 is 0 Å². The van der Waals surface area contributed by atoms with Crippen molar-refractivity contribution >= 4 is 11.9 Å². The summed E-state index contributed by atoms with van der Waals surface area (Å²) in [6.45, 7) is 10.6. The molecule has 0 rings (SSSR count). The highest BCUT2D eigenvalue weighted by molar-refractivity contribution is 5.70. The Morgan fingerprint density at radius 1 is 0.476 bits per heavy atom. The van der Waals surface area contributed by atoms with Crippen molar-refractivity contribution in [2.75, 3.05) is 0 Å². The Bertz CT molecular complexity index is 602. The number of unbranched alkanes of at least 4 members (excludes halogenated alkanes) is 21. The lowest BCUT2D eigenvalue weighted by Crippen LogP contribution is -2.35. The summed E-state index contributed by atoms with van der Waals surface area (Å²) in [7, 11) is 0. The molecule has 0 aliphatic rings. The van der Waals surface area contributed by atoms with Gasteiger partial charge in [0.05, 0.1) is 0 Å². The van der Waals surface area contributed by atoms with Crippen molar-refractivity contribution in [3.05, 3.63) is 12.7 Å². The molecule has 0 N–H and O–H groups in total. The molecule has 0 aromatic rings. The van der Waals surface area contributed by atoms with Crippen LogP contribution in [0.25, 0.3) is 0 Å². The number of allylic oxidation sites excluding steroid dienone is 1. The van der Waals surface area contributed by atoms with Crippen molar-refractivity contribution < 1.29 is 19.1 Å². The lowest BCUT2D eigenvalue weighted by molar-refractivity contribution is -0.169. The molecule has 0 saturated heterocycles. The molecule has 0 aliphatic heterocycles. The van der Waals surface area contributed by atoms with E-state index in [4.69, 9.17) is 9.47 Å². The molecule has 0 aromatic carbocycles. The Morgan fingerprint density at radius 2 is 0.786 bits per heavy atom. The van der Waals surface area contributed by atoms with Crippen LogP contribution in [-0.4, -0.2) is 24.1 Å². The predicted molar refractivity (Wildman–Crippen MR) is 181 cm³/mol. The van der Waals surface area contributed by atoms with Crippen LogP contribution in [0.15, 0.2) is 12.7 Å². The fourth-order valence-electron chi connectivity index (χ4n) is 5.67. The third-order valence-corrected chi connectivity index (χ3v) is 8.44. The van der Waals surface area contributed by atoms with Gasteiger partial charge in [0.15, 0.2) is 0 Å². The van der Waals surface area contributed by atoms with Crippen LogP contribution < -0.4 is 0 Å². The van der Waals surface area contributed by atoms with Gasteiger partial charge in [0.2, 0.25) is 0 Å². The van der Waals surface area contributed by atoms with Crippen molar-refractivity contribution in [3.63, 3.8) is 0 Å². The number of rotatable bonds is 33. The Balaban J connectivity index is 4.75. The second-order valence-corrected chi connectivity index (χ2v) is 12.6. The molecule has 0 radical (unpaired) electrons. The molecule has 0 spiro atoms. The van der Waals surface area contributed by atoms with Crippen LogP contribution in [-0.2, 0) is 19.1 Å². The molecule has 0 aromatic heterocycles. The van der Waals surface area contributed by atoms with E-state index in [0.717, 1.165) is 64.2 Å². The number of esters is 2. The third kappa shape index (κ3) is 27.5. The molecule has 0 fully saturated rings. The van der Waals surface area contributed by atoms with E-state index in [1.165, 1.54) is 109 Å². The van der Waals surface area contributed by atoms with Crippen LogP contribution in [0.3, 0.4) is 0 Å². The first-order valence-electron chi connectivity index (χ1n) is 18.6. The van der Waals surface area contributed by atoms with Crippen molar-refractivity contribution in [2.24, 2.45) is 0 Å². The topological polar surface area (TPSA) is 52.6 Å².